The van der Waals surface area contributed by atoms with Crippen molar-refractivity contribution >= 4 is 11.6 Å². The molecule has 112 valence electrons. The second-order valence-electron chi connectivity index (χ2n) is 8.02. The van der Waals surface area contributed by atoms with E-state index in [0.29, 0.717) is 23.9 Å². The molecule has 4 aliphatic carbocycles. The van der Waals surface area contributed by atoms with E-state index in [1.54, 1.807) is 0 Å². The van der Waals surface area contributed by atoms with Crippen molar-refractivity contribution in [3.8, 4) is 0 Å². The first-order valence-electron chi connectivity index (χ1n) is 8.43. The molecule has 5 atom stereocenters. The summed E-state index contributed by atoms with van der Waals surface area (Å²) in [6, 6.07) is 0. The van der Waals surface area contributed by atoms with E-state index in [9.17, 15) is 9.59 Å². The molecule has 0 aromatic heterocycles. The van der Waals surface area contributed by atoms with Gasteiger partial charge in [0.2, 0.25) is 0 Å². The molecule has 2 saturated carbocycles. The van der Waals surface area contributed by atoms with E-state index in [1.807, 2.05) is 6.08 Å². The predicted molar refractivity (Wildman–Crippen MR) is 81.6 cm³/mol. The highest BCUT2D eigenvalue weighted by molar-refractivity contribution is 5.97. The average molecular weight is 284 g/mol. The number of carbonyl (C=O) groups is 2. The summed E-state index contributed by atoms with van der Waals surface area (Å²) in [5.41, 5.74) is 1.18. The Hall–Kier alpha value is -1.18. The fourth-order valence-electron chi connectivity index (χ4n) is 5.82. The lowest BCUT2D eigenvalue weighted by molar-refractivity contribution is -0.138. The molecule has 2 nitrogen and oxygen atoms in total. The van der Waals surface area contributed by atoms with Crippen molar-refractivity contribution in [2.45, 2.75) is 52.4 Å². The van der Waals surface area contributed by atoms with Gasteiger partial charge in [0.1, 0.15) is 5.78 Å². The highest BCUT2D eigenvalue weighted by Gasteiger charge is 2.60. The molecule has 21 heavy (non-hydrogen) atoms. The molecule has 0 radical (unpaired) electrons. The lowest BCUT2D eigenvalue weighted by atomic mass is 9.48. The van der Waals surface area contributed by atoms with Crippen LogP contribution in [0, 0.1) is 28.6 Å². The summed E-state index contributed by atoms with van der Waals surface area (Å²) in [6.07, 6.45) is 12.2. The number of ketones is 2. The number of fused-ring (bicyclic) bond motifs is 5. The van der Waals surface area contributed by atoms with Crippen LogP contribution in [0.2, 0.25) is 0 Å². The maximum Gasteiger partial charge on any atom is 0.159 e. The number of Topliss-reactive ketones (excluding diaryl/α,β-unsaturated/α-hetero) is 1. The van der Waals surface area contributed by atoms with Gasteiger partial charge in [-0.15, -0.1) is 0 Å². The van der Waals surface area contributed by atoms with Gasteiger partial charge in [-0.2, -0.15) is 0 Å². The van der Waals surface area contributed by atoms with E-state index in [2.05, 4.69) is 26.0 Å². The number of hydrogen-bond acceptors (Lipinski definition) is 2. The molecular weight excluding hydrogens is 260 g/mol. The van der Waals surface area contributed by atoms with Gasteiger partial charge in [0, 0.05) is 17.8 Å². The summed E-state index contributed by atoms with van der Waals surface area (Å²) in [7, 11) is 0. The van der Waals surface area contributed by atoms with Crippen molar-refractivity contribution in [3.05, 3.63) is 23.8 Å². The molecular formula is C19H24O2. The monoisotopic (exact) mass is 284 g/mol. The molecule has 0 heterocycles. The highest BCUT2D eigenvalue weighted by Crippen LogP contribution is 2.62. The van der Waals surface area contributed by atoms with Gasteiger partial charge in [0.25, 0.3) is 0 Å². The third kappa shape index (κ3) is 1.59. The van der Waals surface area contributed by atoms with Crippen LogP contribution < -0.4 is 0 Å². The van der Waals surface area contributed by atoms with Gasteiger partial charge >= 0.3 is 0 Å². The molecule has 2 fully saturated rings. The summed E-state index contributed by atoms with van der Waals surface area (Å²) in [5, 5.41) is 0. The summed E-state index contributed by atoms with van der Waals surface area (Å²) < 4.78 is 0. The largest absolute Gasteiger partial charge is 0.299 e. The van der Waals surface area contributed by atoms with E-state index < -0.39 is 0 Å². The van der Waals surface area contributed by atoms with Gasteiger partial charge in [0.15, 0.2) is 5.78 Å². The van der Waals surface area contributed by atoms with Gasteiger partial charge in [-0.3, -0.25) is 9.59 Å². The van der Waals surface area contributed by atoms with Crippen LogP contribution >= 0.6 is 0 Å². The van der Waals surface area contributed by atoms with Crippen LogP contribution in [0.25, 0.3) is 0 Å². The molecule has 2 heteroatoms. The van der Waals surface area contributed by atoms with E-state index in [1.165, 1.54) is 5.57 Å². The zero-order chi connectivity index (χ0) is 14.8. The Morgan fingerprint density at radius 3 is 2.62 bits per heavy atom. The van der Waals surface area contributed by atoms with E-state index in [0.717, 1.165) is 32.1 Å². The molecule has 0 aliphatic heterocycles. The van der Waals surface area contributed by atoms with E-state index in [4.69, 9.17) is 0 Å². The molecule has 4 aliphatic rings. The second-order valence-corrected chi connectivity index (χ2v) is 8.02. The number of hydrogen-bond donors (Lipinski definition) is 0. The molecule has 0 bridgehead atoms. The van der Waals surface area contributed by atoms with Crippen molar-refractivity contribution in [1.29, 1.82) is 0 Å². The first-order valence-corrected chi connectivity index (χ1v) is 8.43. The van der Waals surface area contributed by atoms with Gasteiger partial charge in [-0.25, -0.2) is 0 Å². The summed E-state index contributed by atoms with van der Waals surface area (Å²) >= 11 is 0. The van der Waals surface area contributed by atoms with Gasteiger partial charge in [-0.05, 0) is 61.0 Å². The molecule has 0 spiro atoms. The molecule has 0 aromatic rings. The van der Waals surface area contributed by atoms with Crippen molar-refractivity contribution in [2.24, 2.45) is 28.6 Å². The van der Waals surface area contributed by atoms with Crippen LogP contribution in [0.1, 0.15) is 52.4 Å². The third-order valence-electron chi connectivity index (χ3n) is 7.21. The maximum absolute atomic E-state index is 12.8. The first kappa shape index (κ1) is 13.5. The molecule has 0 saturated heterocycles. The van der Waals surface area contributed by atoms with Gasteiger partial charge in [0.05, 0.1) is 0 Å². The fourth-order valence-corrected chi connectivity index (χ4v) is 5.82. The quantitative estimate of drug-likeness (QED) is 0.677. The molecule has 0 N–H and O–H groups in total. The summed E-state index contributed by atoms with van der Waals surface area (Å²) in [6.45, 7) is 4.48. The minimum absolute atomic E-state index is 0.0930. The zero-order valence-electron chi connectivity index (χ0n) is 13.0. The Bertz CT molecular complexity index is 584. The fraction of sp³-hybridized carbons (Fsp3) is 0.684. The van der Waals surface area contributed by atoms with Crippen LogP contribution in [0.5, 0.6) is 0 Å². The topological polar surface area (TPSA) is 34.1 Å². The van der Waals surface area contributed by atoms with Crippen molar-refractivity contribution in [2.75, 3.05) is 0 Å². The lowest BCUT2D eigenvalue weighted by Gasteiger charge is -2.54. The Morgan fingerprint density at radius 2 is 1.81 bits per heavy atom. The predicted octanol–water partition coefficient (Wildman–Crippen LogP) is 3.86. The Labute approximate surface area is 126 Å². The van der Waals surface area contributed by atoms with Crippen molar-refractivity contribution < 1.29 is 9.59 Å². The normalized spacial score (nSPS) is 48.5. The average Bonchev–Trinajstić information content (AvgIpc) is 2.76. The summed E-state index contributed by atoms with van der Waals surface area (Å²) in [5.74, 6) is 1.53. The zero-order valence-corrected chi connectivity index (χ0v) is 13.0. The van der Waals surface area contributed by atoms with E-state index >= 15 is 0 Å². The first-order chi connectivity index (χ1) is 9.97. The second kappa shape index (κ2) is 4.18. The maximum atomic E-state index is 12.8. The molecule has 4 rings (SSSR count). The van der Waals surface area contributed by atoms with Crippen LogP contribution in [-0.4, -0.2) is 11.6 Å². The summed E-state index contributed by atoms with van der Waals surface area (Å²) in [4.78, 5) is 25.1. The molecule has 0 aromatic carbocycles. The third-order valence-corrected chi connectivity index (χ3v) is 7.21. The van der Waals surface area contributed by atoms with Crippen LogP contribution in [-0.2, 0) is 9.59 Å². The minimum Gasteiger partial charge on any atom is -0.299 e. The van der Waals surface area contributed by atoms with Crippen LogP contribution in [0.4, 0.5) is 0 Å². The highest BCUT2D eigenvalue weighted by atomic mass is 16.1. The minimum atomic E-state index is -0.219. The van der Waals surface area contributed by atoms with E-state index in [-0.39, 0.29) is 22.7 Å². The van der Waals surface area contributed by atoms with Gasteiger partial charge in [-0.1, -0.05) is 26.0 Å². The Morgan fingerprint density at radius 1 is 1.05 bits per heavy atom. The number of rotatable bonds is 0. The van der Waals surface area contributed by atoms with Crippen molar-refractivity contribution in [1.82, 2.24) is 0 Å². The smallest absolute Gasteiger partial charge is 0.159 e. The molecule has 0 unspecified atom stereocenters. The Kier molecular flexibility index (Phi) is 2.68. The Balaban J connectivity index is 1.81. The lowest BCUT2D eigenvalue weighted by Crippen LogP contribution is -2.52. The SMILES string of the molecule is C[C@]12CCC=CC1=CC(=O)[C@@H]1[C@H]2CC[C@]2(C)C(=O)CC[C@@H]12. The standard InChI is InChI=1S/C19H24O2/c1-18-9-4-3-5-12(18)11-15(20)17-13-6-7-16(21)19(13,2)10-8-14(17)18/h3,5,11,13-14,17H,4,6-10H2,1-2H3/t13-,14+,17-,18-,19-/m0/s1. The van der Waals surface area contributed by atoms with Gasteiger partial charge < -0.3 is 0 Å². The van der Waals surface area contributed by atoms with Crippen LogP contribution in [0.15, 0.2) is 23.8 Å². The van der Waals surface area contributed by atoms with Crippen LogP contribution in [0.3, 0.4) is 0 Å². The van der Waals surface area contributed by atoms with Crippen molar-refractivity contribution in [3.63, 3.8) is 0 Å². The number of carbonyl (C=O) groups excluding carboxylic acids is 2. The molecule has 0 amide bonds. The number of allylic oxidation sites excluding steroid dienone is 4.